The van der Waals surface area contributed by atoms with Crippen LogP contribution in [0.25, 0.3) is 22.2 Å². The molecule has 1 aromatic heterocycles. The van der Waals surface area contributed by atoms with Gasteiger partial charge in [-0.25, -0.2) is 4.98 Å². The van der Waals surface area contributed by atoms with Crippen molar-refractivity contribution < 1.29 is 14.6 Å². The third kappa shape index (κ3) is 4.18. The summed E-state index contributed by atoms with van der Waals surface area (Å²) in [5, 5.41) is 10.4. The summed E-state index contributed by atoms with van der Waals surface area (Å²) in [7, 11) is 3.27. The Hall–Kier alpha value is -2.70. The summed E-state index contributed by atoms with van der Waals surface area (Å²) in [6.07, 6.45) is 0. The van der Waals surface area contributed by atoms with E-state index < -0.39 is 5.97 Å². The fourth-order valence-corrected chi connectivity index (χ4v) is 3.17. The number of thiocarbonyl (C=S) groups is 1. The normalized spacial score (nSPS) is 10.6. The van der Waals surface area contributed by atoms with Crippen molar-refractivity contribution in [3.8, 4) is 17.0 Å². The zero-order valence-corrected chi connectivity index (χ0v) is 16.3. The van der Waals surface area contributed by atoms with Gasteiger partial charge in [-0.15, -0.1) is 0 Å². The maximum atomic E-state index is 11.1. The Morgan fingerprint density at radius 3 is 2.56 bits per heavy atom. The monoisotopic (exact) mass is 400 g/mol. The number of aromatic nitrogens is 1. The molecule has 0 amide bonds. The summed E-state index contributed by atoms with van der Waals surface area (Å²) < 4.78 is 5.20. The van der Waals surface area contributed by atoms with Gasteiger partial charge in [-0.3, -0.25) is 4.79 Å². The lowest BCUT2D eigenvalue weighted by molar-refractivity contribution is -0.137. The number of nitrogens with zero attached hydrogens (tertiary/aromatic N) is 2. The molecule has 0 saturated carbocycles. The molecule has 2 aromatic carbocycles. The van der Waals surface area contributed by atoms with E-state index in [4.69, 9.17) is 38.6 Å². The average molecular weight is 401 g/mol. The molecule has 0 saturated heterocycles. The molecular formula is C20H17ClN2O3S. The number of methoxy groups -OCH3 is 1. The first kappa shape index (κ1) is 19.1. The van der Waals surface area contributed by atoms with Crippen LogP contribution in [-0.2, 0) is 4.79 Å². The molecule has 0 fully saturated rings. The fraction of sp³-hybridized carbons (Fsp3) is 0.150. The number of carboxylic acid groups (broad SMARTS) is 1. The van der Waals surface area contributed by atoms with Crippen molar-refractivity contribution in [3.63, 3.8) is 0 Å². The second-order valence-corrected chi connectivity index (χ2v) is 6.82. The van der Waals surface area contributed by atoms with Gasteiger partial charge in [0.05, 0.1) is 18.3 Å². The Morgan fingerprint density at radius 2 is 1.93 bits per heavy atom. The lowest BCUT2D eigenvalue weighted by atomic mass is 10.0. The molecule has 0 aliphatic heterocycles. The standard InChI is InChI=1S/C20H17ClN2O3S/c1-23(11-19(24)25)20(27)16-10-18(12-3-6-14(26-2)7-4-12)22-17-8-5-13(21)9-15(16)17/h3-10H,11H2,1-2H3,(H,24,25). The number of benzene rings is 2. The van der Waals surface area contributed by atoms with Crippen LogP contribution in [-0.4, -0.2) is 46.7 Å². The highest BCUT2D eigenvalue weighted by Gasteiger charge is 2.16. The molecule has 1 N–H and O–H groups in total. The fourth-order valence-electron chi connectivity index (χ4n) is 2.76. The predicted octanol–water partition coefficient (Wildman–Crippen LogP) is 4.26. The number of likely N-dealkylation sites (N-methyl/N-ethyl adjacent to an activating group) is 1. The number of halogens is 1. The van der Waals surface area contributed by atoms with E-state index in [9.17, 15) is 4.79 Å². The van der Waals surface area contributed by atoms with Gasteiger partial charge in [-0.05, 0) is 48.5 Å². The minimum absolute atomic E-state index is 0.193. The largest absolute Gasteiger partial charge is 0.497 e. The first-order chi connectivity index (χ1) is 12.9. The Morgan fingerprint density at radius 1 is 1.22 bits per heavy atom. The summed E-state index contributed by atoms with van der Waals surface area (Å²) >= 11 is 11.7. The van der Waals surface area contributed by atoms with Crippen molar-refractivity contribution in [2.45, 2.75) is 0 Å². The SMILES string of the molecule is COc1ccc(-c2cc(C(=S)N(C)CC(=O)O)c3cc(Cl)ccc3n2)cc1. The summed E-state index contributed by atoms with van der Waals surface area (Å²) in [6.45, 7) is -0.193. The van der Waals surface area contributed by atoms with E-state index in [1.165, 1.54) is 4.90 Å². The molecule has 138 valence electrons. The van der Waals surface area contributed by atoms with Crippen LogP contribution in [0.4, 0.5) is 0 Å². The van der Waals surface area contributed by atoms with E-state index in [2.05, 4.69) is 0 Å². The molecule has 0 radical (unpaired) electrons. The highest BCUT2D eigenvalue weighted by Crippen LogP contribution is 2.29. The predicted molar refractivity (Wildman–Crippen MR) is 111 cm³/mol. The van der Waals surface area contributed by atoms with Gasteiger partial charge in [0, 0.05) is 28.6 Å². The third-order valence-electron chi connectivity index (χ3n) is 4.11. The lowest BCUT2D eigenvalue weighted by Gasteiger charge is -2.20. The van der Waals surface area contributed by atoms with Crippen LogP contribution in [0.15, 0.2) is 48.5 Å². The van der Waals surface area contributed by atoms with E-state index >= 15 is 0 Å². The summed E-state index contributed by atoms with van der Waals surface area (Å²) in [6, 6.07) is 14.8. The molecular weight excluding hydrogens is 384 g/mol. The number of hydrogen-bond donors (Lipinski definition) is 1. The molecule has 0 unspecified atom stereocenters. The highest BCUT2D eigenvalue weighted by molar-refractivity contribution is 7.80. The van der Waals surface area contributed by atoms with Crippen molar-refractivity contribution in [1.29, 1.82) is 0 Å². The van der Waals surface area contributed by atoms with Gasteiger partial charge >= 0.3 is 5.97 Å². The van der Waals surface area contributed by atoms with Gasteiger partial charge < -0.3 is 14.7 Å². The molecule has 0 bridgehead atoms. The van der Waals surface area contributed by atoms with E-state index in [0.29, 0.717) is 15.6 Å². The quantitative estimate of drug-likeness (QED) is 0.646. The van der Waals surface area contributed by atoms with Crippen molar-refractivity contribution in [3.05, 3.63) is 59.1 Å². The van der Waals surface area contributed by atoms with Gasteiger partial charge in [0.15, 0.2) is 0 Å². The Bertz CT molecular complexity index is 1020. The lowest BCUT2D eigenvalue weighted by Crippen LogP contribution is -2.31. The summed E-state index contributed by atoms with van der Waals surface area (Å²) in [5.74, 6) is -0.199. The van der Waals surface area contributed by atoms with Crippen molar-refractivity contribution in [1.82, 2.24) is 9.88 Å². The van der Waals surface area contributed by atoms with Gasteiger partial charge in [0.2, 0.25) is 0 Å². The molecule has 27 heavy (non-hydrogen) atoms. The number of fused-ring (bicyclic) bond motifs is 1. The van der Waals surface area contributed by atoms with E-state index in [-0.39, 0.29) is 6.54 Å². The van der Waals surface area contributed by atoms with Gasteiger partial charge in [-0.1, -0.05) is 23.8 Å². The van der Waals surface area contributed by atoms with Crippen LogP contribution in [0.2, 0.25) is 5.02 Å². The Balaban J connectivity index is 2.15. The Kier molecular flexibility index (Phi) is 5.58. The van der Waals surface area contributed by atoms with Gasteiger partial charge in [0.25, 0.3) is 0 Å². The Labute approximate surface area is 167 Å². The first-order valence-corrected chi connectivity index (χ1v) is 8.89. The van der Waals surface area contributed by atoms with E-state index in [1.54, 1.807) is 26.3 Å². The minimum Gasteiger partial charge on any atom is -0.497 e. The zero-order valence-electron chi connectivity index (χ0n) is 14.8. The molecule has 7 heteroatoms. The van der Waals surface area contributed by atoms with E-state index in [0.717, 1.165) is 27.9 Å². The summed E-state index contributed by atoms with van der Waals surface area (Å²) in [4.78, 5) is 17.7. The number of ether oxygens (including phenoxy) is 1. The molecule has 3 aromatic rings. The average Bonchev–Trinajstić information content (AvgIpc) is 2.66. The van der Waals surface area contributed by atoms with Gasteiger partial charge in [0.1, 0.15) is 17.3 Å². The second-order valence-electron chi connectivity index (χ2n) is 6.00. The minimum atomic E-state index is -0.952. The van der Waals surface area contributed by atoms with E-state index in [1.807, 2.05) is 36.4 Å². The van der Waals surface area contributed by atoms with Crippen LogP contribution in [0.3, 0.4) is 0 Å². The molecule has 0 aliphatic rings. The second kappa shape index (κ2) is 7.90. The van der Waals surface area contributed by atoms with Crippen molar-refractivity contribution in [2.24, 2.45) is 0 Å². The number of carbonyl (C=O) groups is 1. The molecule has 0 spiro atoms. The smallest absolute Gasteiger partial charge is 0.323 e. The highest BCUT2D eigenvalue weighted by atomic mass is 35.5. The van der Waals surface area contributed by atoms with Crippen molar-refractivity contribution >= 4 is 45.7 Å². The van der Waals surface area contributed by atoms with Crippen LogP contribution in [0.1, 0.15) is 5.56 Å². The molecule has 5 nitrogen and oxygen atoms in total. The number of carboxylic acids is 1. The molecule has 0 atom stereocenters. The number of aliphatic carboxylic acids is 1. The first-order valence-electron chi connectivity index (χ1n) is 8.11. The molecule has 1 heterocycles. The molecule has 0 aliphatic carbocycles. The van der Waals surface area contributed by atoms with Crippen molar-refractivity contribution in [2.75, 3.05) is 20.7 Å². The topological polar surface area (TPSA) is 62.7 Å². The van der Waals surface area contributed by atoms with Crippen LogP contribution >= 0.6 is 23.8 Å². The summed E-state index contributed by atoms with van der Waals surface area (Å²) in [5.41, 5.74) is 3.08. The third-order valence-corrected chi connectivity index (χ3v) is 4.87. The van der Waals surface area contributed by atoms with Crippen LogP contribution in [0.5, 0.6) is 5.75 Å². The maximum Gasteiger partial charge on any atom is 0.323 e. The maximum absolute atomic E-state index is 11.1. The zero-order chi connectivity index (χ0) is 19.6. The van der Waals surface area contributed by atoms with Crippen LogP contribution in [0, 0.1) is 0 Å². The number of rotatable bonds is 5. The van der Waals surface area contributed by atoms with Gasteiger partial charge in [-0.2, -0.15) is 0 Å². The number of pyridine rings is 1. The van der Waals surface area contributed by atoms with Crippen LogP contribution < -0.4 is 4.74 Å². The number of hydrogen-bond acceptors (Lipinski definition) is 4. The molecule has 3 rings (SSSR count).